The fraction of sp³-hybridized carbons (Fsp3) is 0.455. The number of hydrogen-bond acceptors (Lipinski definition) is 5. The molecule has 0 amide bonds. The molecule has 0 aliphatic heterocycles. The van der Waals surface area contributed by atoms with E-state index in [9.17, 15) is 18.8 Å². The maximum Gasteiger partial charge on any atom is 0.329 e. The fourth-order valence-electron chi connectivity index (χ4n) is 4.35. The van der Waals surface area contributed by atoms with Crippen LogP contribution < -0.4 is 11.2 Å². The number of nitrogens with zero attached hydrogens (tertiary/aromatic N) is 2. The zero-order chi connectivity index (χ0) is 21.3. The van der Waals surface area contributed by atoms with Crippen LogP contribution in [0, 0.1) is 18.7 Å². The number of aromatic nitrogens is 3. The summed E-state index contributed by atoms with van der Waals surface area (Å²) >= 11 is 1.43. The number of fused-ring (bicyclic) bond motifs is 1. The number of ketones is 1. The number of H-pyrrole nitrogens is 1. The summed E-state index contributed by atoms with van der Waals surface area (Å²) in [7, 11) is 0. The van der Waals surface area contributed by atoms with Crippen LogP contribution in [0.25, 0.3) is 10.9 Å². The average Bonchev–Trinajstić information content (AvgIpc) is 3.13. The molecule has 1 aliphatic carbocycles. The number of carbonyl (C=O) groups excluding carboxylic acids is 1. The molecule has 8 heteroatoms. The molecule has 158 valence electrons. The van der Waals surface area contributed by atoms with Crippen LogP contribution >= 0.6 is 11.3 Å². The lowest BCUT2D eigenvalue weighted by atomic mass is 9.83. The average molecular weight is 430 g/mol. The minimum atomic E-state index is -0.888. The molecule has 2 heterocycles. The molecule has 4 rings (SSSR count). The molecular formula is C22H24FN3O3S. The Hall–Kier alpha value is -2.61. The molecule has 1 unspecified atom stereocenters. The van der Waals surface area contributed by atoms with E-state index in [0.717, 1.165) is 41.2 Å². The fourth-order valence-corrected chi connectivity index (χ4v) is 5.15. The Labute approximate surface area is 176 Å². The zero-order valence-electron chi connectivity index (χ0n) is 16.8. The van der Waals surface area contributed by atoms with Gasteiger partial charge in [0.05, 0.1) is 17.3 Å². The molecule has 0 spiro atoms. The largest absolute Gasteiger partial charge is 0.329 e. The highest BCUT2D eigenvalue weighted by Gasteiger charge is 2.29. The first-order valence-electron chi connectivity index (χ1n) is 10.3. The van der Waals surface area contributed by atoms with Gasteiger partial charge in [-0.15, -0.1) is 11.3 Å². The second-order valence-corrected chi connectivity index (χ2v) is 9.38. The molecule has 30 heavy (non-hydrogen) atoms. The quantitative estimate of drug-likeness (QED) is 0.644. The molecule has 0 radical (unpaired) electrons. The maximum atomic E-state index is 13.8. The molecule has 0 bridgehead atoms. The molecule has 1 atom stereocenters. The van der Waals surface area contributed by atoms with Crippen molar-refractivity contribution in [3.63, 3.8) is 0 Å². The minimum Gasteiger partial charge on any atom is -0.307 e. The molecule has 1 saturated carbocycles. The number of halogens is 1. The predicted molar refractivity (Wildman–Crippen MR) is 115 cm³/mol. The SMILES string of the molecule is Cc1cnc(CC(=O)C(CC2CCCCC2)n2c(=O)[nH]c3ccc(F)cc3c2=O)s1. The monoisotopic (exact) mass is 429 g/mol. The van der Waals surface area contributed by atoms with Gasteiger partial charge >= 0.3 is 5.69 Å². The van der Waals surface area contributed by atoms with Gasteiger partial charge in [0, 0.05) is 11.1 Å². The molecule has 6 nitrogen and oxygen atoms in total. The van der Waals surface area contributed by atoms with Crippen LogP contribution in [0.15, 0.2) is 34.0 Å². The van der Waals surface area contributed by atoms with Gasteiger partial charge in [0.1, 0.15) is 16.9 Å². The number of thiazole rings is 1. The van der Waals surface area contributed by atoms with Gasteiger partial charge in [0.15, 0.2) is 5.78 Å². The number of nitrogens with one attached hydrogen (secondary N) is 1. The third kappa shape index (κ3) is 4.28. The lowest BCUT2D eigenvalue weighted by Gasteiger charge is -2.26. The van der Waals surface area contributed by atoms with Crippen molar-refractivity contribution >= 4 is 28.0 Å². The van der Waals surface area contributed by atoms with Gasteiger partial charge in [-0.2, -0.15) is 0 Å². The van der Waals surface area contributed by atoms with Gasteiger partial charge in [-0.3, -0.25) is 9.59 Å². The molecule has 1 aromatic carbocycles. The van der Waals surface area contributed by atoms with E-state index in [2.05, 4.69) is 9.97 Å². The molecule has 2 aromatic heterocycles. The first kappa shape index (κ1) is 20.7. The highest BCUT2D eigenvalue weighted by molar-refractivity contribution is 7.11. The van der Waals surface area contributed by atoms with Crippen LogP contribution in [0.4, 0.5) is 4.39 Å². The van der Waals surface area contributed by atoms with E-state index in [1.54, 1.807) is 6.20 Å². The van der Waals surface area contributed by atoms with Gasteiger partial charge in [-0.25, -0.2) is 18.7 Å². The Morgan fingerprint density at radius 2 is 2.07 bits per heavy atom. The van der Waals surface area contributed by atoms with Gasteiger partial charge in [0.2, 0.25) is 0 Å². The number of aryl methyl sites for hydroxylation is 1. The number of Topliss-reactive ketones (excluding diaryl/α,β-unsaturated/α-hetero) is 1. The number of carbonyl (C=O) groups is 1. The van der Waals surface area contributed by atoms with E-state index in [0.29, 0.717) is 11.4 Å². The van der Waals surface area contributed by atoms with E-state index in [4.69, 9.17) is 0 Å². The highest BCUT2D eigenvalue weighted by Crippen LogP contribution is 2.31. The Kier molecular flexibility index (Phi) is 5.94. The van der Waals surface area contributed by atoms with Gasteiger partial charge in [-0.05, 0) is 37.5 Å². The van der Waals surface area contributed by atoms with E-state index >= 15 is 0 Å². The van der Waals surface area contributed by atoms with Crippen LogP contribution in [-0.2, 0) is 11.2 Å². The maximum absolute atomic E-state index is 13.8. The van der Waals surface area contributed by atoms with E-state index in [1.807, 2.05) is 6.92 Å². The smallest absolute Gasteiger partial charge is 0.307 e. The topological polar surface area (TPSA) is 84.8 Å². The number of rotatable bonds is 6. The third-order valence-electron chi connectivity index (χ3n) is 5.85. The van der Waals surface area contributed by atoms with Crippen molar-refractivity contribution < 1.29 is 9.18 Å². The van der Waals surface area contributed by atoms with E-state index in [-0.39, 0.29) is 29.0 Å². The second kappa shape index (κ2) is 8.63. The van der Waals surface area contributed by atoms with Crippen molar-refractivity contribution in [2.75, 3.05) is 0 Å². The summed E-state index contributed by atoms with van der Waals surface area (Å²) in [5.41, 5.74) is -0.997. The van der Waals surface area contributed by atoms with Gasteiger partial charge < -0.3 is 4.98 Å². The lowest BCUT2D eigenvalue weighted by Crippen LogP contribution is -2.42. The summed E-state index contributed by atoms with van der Waals surface area (Å²) in [5.74, 6) is -0.495. The Morgan fingerprint density at radius 1 is 1.30 bits per heavy atom. The second-order valence-electron chi connectivity index (χ2n) is 8.06. The van der Waals surface area contributed by atoms with Crippen molar-refractivity contribution in [1.29, 1.82) is 0 Å². The van der Waals surface area contributed by atoms with Gasteiger partial charge in [0.25, 0.3) is 5.56 Å². The van der Waals surface area contributed by atoms with Crippen molar-refractivity contribution in [2.45, 2.75) is 57.9 Å². The van der Waals surface area contributed by atoms with Crippen LogP contribution in [0.2, 0.25) is 0 Å². The molecule has 3 aromatic rings. The third-order valence-corrected chi connectivity index (χ3v) is 6.76. The number of aromatic amines is 1. The summed E-state index contributed by atoms with van der Waals surface area (Å²) in [6.45, 7) is 1.91. The van der Waals surface area contributed by atoms with E-state index in [1.165, 1.54) is 29.9 Å². The molecular weight excluding hydrogens is 405 g/mol. The van der Waals surface area contributed by atoms with E-state index < -0.39 is 23.1 Å². The van der Waals surface area contributed by atoms with Crippen molar-refractivity contribution in [2.24, 2.45) is 5.92 Å². The van der Waals surface area contributed by atoms with Crippen LogP contribution in [0.3, 0.4) is 0 Å². The van der Waals surface area contributed by atoms with Crippen LogP contribution in [0.1, 0.15) is 54.5 Å². The highest BCUT2D eigenvalue weighted by atomic mass is 32.1. The summed E-state index contributed by atoms with van der Waals surface area (Å²) < 4.78 is 14.8. The van der Waals surface area contributed by atoms with Crippen LogP contribution in [0.5, 0.6) is 0 Å². The molecule has 1 aliphatic rings. The minimum absolute atomic E-state index is 0.0705. The van der Waals surface area contributed by atoms with Crippen molar-refractivity contribution in [1.82, 2.24) is 14.5 Å². The summed E-state index contributed by atoms with van der Waals surface area (Å²) in [6.07, 6.45) is 7.53. The van der Waals surface area contributed by atoms with Crippen molar-refractivity contribution in [3.05, 3.63) is 60.9 Å². The zero-order valence-corrected chi connectivity index (χ0v) is 17.6. The number of benzene rings is 1. The Balaban J connectivity index is 1.77. The summed E-state index contributed by atoms with van der Waals surface area (Å²) in [5, 5.41) is 0.739. The van der Waals surface area contributed by atoms with Gasteiger partial charge in [-0.1, -0.05) is 32.1 Å². The normalized spacial score (nSPS) is 16.1. The molecule has 1 fully saturated rings. The Morgan fingerprint density at radius 3 is 2.77 bits per heavy atom. The lowest BCUT2D eigenvalue weighted by molar-refractivity contribution is -0.122. The Bertz CT molecular complexity index is 1190. The predicted octanol–water partition coefficient (Wildman–Crippen LogP) is 3.92. The first-order chi connectivity index (χ1) is 14.4. The molecule has 0 saturated heterocycles. The van der Waals surface area contributed by atoms with Crippen LogP contribution in [-0.4, -0.2) is 20.3 Å². The van der Waals surface area contributed by atoms with Crippen molar-refractivity contribution in [3.8, 4) is 0 Å². The first-order valence-corrected chi connectivity index (χ1v) is 11.1. The standard InChI is InChI=1S/C22H24FN3O3S/c1-13-12-24-20(30-13)11-19(27)18(9-14-5-3-2-4-6-14)26-21(28)16-10-15(23)7-8-17(16)25-22(26)29/h7-8,10,12,14,18H,2-6,9,11H2,1H3,(H,25,29). The number of hydrogen-bond donors (Lipinski definition) is 1. The summed E-state index contributed by atoms with van der Waals surface area (Å²) in [6, 6.07) is 2.78. The summed E-state index contributed by atoms with van der Waals surface area (Å²) in [4.78, 5) is 47.2. The molecule has 1 N–H and O–H groups in total.